The van der Waals surface area contributed by atoms with Gasteiger partial charge in [-0.25, -0.2) is 0 Å². The number of hydrogen-bond donors (Lipinski definition) is 1. The number of primary amides is 1. The zero-order chi connectivity index (χ0) is 9.40. The molecule has 0 aromatic carbocycles. The van der Waals surface area contributed by atoms with E-state index in [1.807, 2.05) is 0 Å². The van der Waals surface area contributed by atoms with Crippen molar-refractivity contribution in [2.24, 2.45) is 11.7 Å². The normalized spacial score (nSPS) is 10.6. The molecule has 0 aliphatic rings. The molecule has 0 radical (unpaired) electrons. The Morgan fingerprint density at radius 3 is 2.42 bits per heavy atom. The Labute approximate surface area is 73.0 Å². The smallest absolute Gasteiger partial charge is 0.243 e. The van der Waals surface area contributed by atoms with Crippen LogP contribution in [-0.2, 0) is 14.3 Å². The summed E-state index contributed by atoms with van der Waals surface area (Å²) >= 11 is 0. The summed E-state index contributed by atoms with van der Waals surface area (Å²) in [7, 11) is 0. The largest absolute Gasteiger partial charge is 0.379 e. The van der Waals surface area contributed by atoms with Crippen molar-refractivity contribution in [2.45, 2.75) is 13.8 Å². The van der Waals surface area contributed by atoms with Crippen LogP contribution in [-0.4, -0.2) is 32.3 Å². The Morgan fingerprint density at radius 2 is 1.92 bits per heavy atom. The van der Waals surface area contributed by atoms with Crippen LogP contribution in [0.4, 0.5) is 0 Å². The monoisotopic (exact) mass is 175 g/mol. The molecule has 0 spiro atoms. The summed E-state index contributed by atoms with van der Waals surface area (Å²) in [5.41, 5.74) is 4.85. The number of hydrogen-bond acceptors (Lipinski definition) is 3. The number of carbonyl (C=O) groups excluding carboxylic acids is 1. The van der Waals surface area contributed by atoms with E-state index in [4.69, 9.17) is 15.2 Å². The van der Waals surface area contributed by atoms with Gasteiger partial charge >= 0.3 is 0 Å². The summed E-state index contributed by atoms with van der Waals surface area (Å²) < 4.78 is 10.1. The molecule has 2 N–H and O–H groups in total. The molecule has 4 nitrogen and oxygen atoms in total. The van der Waals surface area contributed by atoms with Crippen LogP contribution in [0.1, 0.15) is 13.8 Å². The minimum atomic E-state index is -0.446. The third-order valence-corrected chi connectivity index (χ3v) is 1.07. The molecule has 0 saturated heterocycles. The molecule has 0 aromatic heterocycles. The van der Waals surface area contributed by atoms with Gasteiger partial charge in [0.2, 0.25) is 5.91 Å². The van der Waals surface area contributed by atoms with Gasteiger partial charge in [0.15, 0.2) is 0 Å². The van der Waals surface area contributed by atoms with Crippen molar-refractivity contribution in [3.05, 3.63) is 0 Å². The first kappa shape index (κ1) is 11.4. The SMILES string of the molecule is CC(C)COCCOCC(N)=O. The van der Waals surface area contributed by atoms with E-state index >= 15 is 0 Å². The molecule has 4 heteroatoms. The van der Waals surface area contributed by atoms with Crippen LogP contribution in [0.15, 0.2) is 0 Å². The van der Waals surface area contributed by atoms with E-state index in [-0.39, 0.29) is 6.61 Å². The molecular weight excluding hydrogens is 158 g/mol. The highest BCUT2D eigenvalue weighted by Crippen LogP contribution is 1.91. The minimum Gasteiger partial charge on any atom is -0.379 e. The molecule has 0 saturated carbocycles. The van der Waals surface area contributed by atoms with Crippen LogP contribution in [0, 0.1) is 5.92 Å². The van der Waals surface area contributed by atoms with Gasteiger partial charge in [-0.05, 0) is 5.92 Å². The molecule has 0 bridgehead atoms. The minimum absolute atomic E-state index is 0.0228. The third-order valence-electron chi connectivity index (χ3n) is 1.07. The maximum Gasteiger partial charge on any atom is 0.243 e. The van der Waals surface area contributed by atoms with Crippen molar-refractivity contribution in [1.82, 2.24) is 0 Å². The van der Waals surface area contributed by atoms with E-state index in [1.165, 1.54) is 0 Å². The molecule has 0 aliphatic heterocycles. The van der Waals surface area contributed by atoms with Crippen molar-refractivity contribution in [2.75, 3.05) is 26.4 Å². The van der Waals surface area contributed by atoms with E-state index in [1.54, 1.807) is 0 Å². The molecule has 12 heavy (non-hydrogen) atoms. The summed E-state index contributed by atoms with van der Waals surface area (Å²) in [6.45, 7) is 5.79. The highest BCUT2D eigenvalue weighted by atomic mass is 16.5. The van der Waals surface area contributed by atoms with Gasteiger partial charge in [-0.15, -0.1) is 0 Å². The van der Waals surface area contributed by atoms with Gasteiger partial charge in [-0.3, -0.25) is 4.79 Å². The highest BCUT2D eigenvalue weighted by Gasteiger charge is 1.95. The maximum atomic E-state index is 10.2. The Bertz CT molecular complexity index is 125. The van der Waals surface area contributed by atoms with E-state index in [2.05, 4.69) is 13.8 Å². The average Bonchev–Trinajstić information content (AvgIpc) is 1.95. The number of rotatable bonds is 7. The third kappa shape index (κ3) is 9.39. The van der Waals surface area contributed by atoms with Gasteiger partial charge in [0.05, 0.1) is 13.2 Å². The molecule has 0 fully saturated rings. The lowest BCUT2D eigenvalue weighted by Gasteiger charge is -2.06. The quantitative estimate of drug-likeness (QED) is 0.561. The number of ether oxygens (including phenoxy) is 2. The van der Waals surface area contributed by atoms with Gasteiger partial charge in [0, 0.05) is 6.61 Å². The Hall–Kier alpha value is -0.610. The van der Waals surface area contributed by atoms with Crippen LogP contribution >= 0.6 is 0 Å². The number of carbonyl (C=O) groups is 1. The van der Waals surface area contributed by atoms with Gasteiger partial charge in [-0.2, -0.15) is 0 Å². The summed E-state index contributed by atoms with van der Waals surface area (Å²) in [4.78, 5) is 10.2. The van der Waals surface area contributed by atoms with Crippen molar-refractivity contribution in [1.29, 1.82) is 0 Å². The summed E-state index contributed by atoms with van der Waals surface area (Å²) in [5.74, 6) is 0.0833. The fourth-order valence-electron chi connectivity index (χ4n) is 0.610. The molecule has 0 unspecified atom stereocenters. The van der Waals surface area contributed by atoms with E-state index in [0.717, 1.165) is 6.61 Å². The van der Waals surface area contributed by atoms with Crippen molar-refractivity contribution in [3.8, 4) is 0 Å². The molecule has 0 atom stereocenters. The van der Waals surface area contributed by atoms with Crippen molar-refractivity contribution >= 4 is 5.91 Å². The Balaban J connectivity index is 2.96. The zero-order valence-corrected chi connectivity index (χ0v) is 7.71. The van der Waals surface area contributed by atoms with Gasteiger partial charge in [0.1, 0.15) is 6.61 Å². The lowest BCUT2D eigenvalue weighted by atomic mass is 10.2. The van der Waals surface area contributed by atoms with Crippen molar-refractivity contribution in [3.63, 3.8) is 0 Å². The fourth-order valence-corrected chi connectivity index (χ4v) is 0.610. The molecule has 0 rings (SSSR count). The molecule has 0 heterocycles. The number of amides is 1. The highest BCUT2D eigenvalue weighted by molar-refractivity contribution is 5.74. The molecule has 0 aromatic rings. The Morgan fingerprint density at radius 1 is 1.33 bits per heavy atom. The maximum absolute atomic E-state index is 10.2. The fraction of sp³-hybridized carbons (Fsp3) is 0.875. The van der Waals surface area contributed by atoms with Crippen LogP contribution in [0.25, 0.3) is 0 Å². The predicted molar refractivity (Wildman–Crippen MR) is 45.7 cm³/mol. The zero-order valence-electron chi connectivity index (χ0n) is 7.71. The molecule has 72 valence electrons. The lowest BCUT2D eigenvalue weighted by molar-refractivity contribution is -0.123. The molecular formula is C8H17NO3. The second kappa shape index (κ2) is 7.06. The van der Waals surface area contributed by atoms with Crippen LogP contribution < -0.4 is 5.73 Å². The van der Waals surface area contributed by atoms with Crippen LogP contribution in [0.5, 0.6) is 0 Å². The molecule has 0 aliphatic carbocycles. The predicted octanol–water partition coefficient (Wildman–Crippen LogP) is 0.161. The van der Waals surface area contributed by atoms with E-state index in [0.29, 0.717) is 19.1 Å². The first-order chi connectivity index (χ1) is 5.63. The lowest BCUT2D eigenvalue weighted by Crippen LogP contribution is -2.20. The second-order valence-electron chi connectivity index (χ2n) is 2.99. The van der Waals surface area contributed by atoms with Gasteiger partial charge in [-0.1, -0.05) is 13.8 Å². The second-order valence-corrected chi connectivity index (χ2v) is 2.99. The summed E-state index contributed by atoms with van der Waals surface area (Å²) in [6.07, 6.45) is 0. The average molecular weight is 175 g/mol. The standard InChI is InChI=1S/C8H17NO3/c1-7(2)5-11-3-4-12-6-8(9)10/h7H,3-6H2,1-2H3,(H2,9,10). The first-order valence-electron chi connectivity index (χ1n) is 4.06. The first-order valence-corrected chi connectivity index (χ1v) is 4.06. The van der Waals surface area contributed by atoms with E-state index in [9.17, 15) is 4.79 Å². The molecule has 1 amide bonds. The number of nitrogens with two attached hydrogens (primary N) is 1. The van der Waals surface area contributed by atoms with Crippen LogP contribution in [0.2, 0.25) is 0 Å². The van der Waals surface area contributed by atoms with Crippen molar-refractivity contribution < 1.29 is 14.3 Å². The summed E-state index contributed by atoms with van der Waals surface area (Å²) in [5, 5.41) is 0. The van der Waals surface area contributed by atoms with Gasteiger partial charge in [0.25, 0.3) is 0 Å². The topological polar surface area (TPSA) is 61.6 Å². The Kier molecular flexibility index (Phi) is 6.70. The van der Waals surface area contributed by atoms with Crippen LogP contribution in [0.3, 0.4) is 0 Å². The summed E-state index contributed by atoms with van der Waals surface area (Å²) in [6, 6.07) is 0. The van der Waals surface area contributed by atoms with E-state index < -0.39 is 5.91 Å². The van der Waals surface area contributed by atoms with Gasteiger partial charge < -0.3 is 15.2 Å².